The van der Waals surface area contributed by atoms with E-state index < -0.39 is 0 Å². The highest BCUT2D eigenvalue weighted by Crippen LogP contribution is 2.43. The lowest BCUT2D eigenvalue weighted by Gasteiger charge is -2.39. The van der Waals surface area contributed by atoms with Gasteiger partial charge >= 0.3 is 0 Å². The quantitative estimate of drug-likeness (QED) is 0.765. The van der Waals surface area contributed by atoms with E-state index in [1.165, 1.54) is 6.42 Å². The molecule has 0 radical (unpaired) electrons. The van der Waals surface area contributed by atoms with Crippen molar-refractivity contribution >= 4 is 10.8 Å². The first-order valence-corrected chi connectivity index (χ1v) is 5.71. The lowest BCUT2D eigenvalue weighted by atomic mass is 9.71. The summed E-state index contributed by atoms with van der Waals surface area (Å²) in [6, 6.07) is 11.7. The molecule has 1 fully saturated rings. The van der Waals surface area contributed by atoms with E-state index in [1.54, 1.807) is 6.07 Å². The molecule has 2 heteroatoms. The number of nitrogens with two attached hydrogens (primary N) is 1. The highest BCUT2D eigenvalue weighted by Gasteiger charge is 2.35. The van der Waals surface area contributed by atoms with Gasteiger partial charge in [0.1, 0.15) is 5.75 Å². The molecule has 3 N–H and O–H groups in total. The minimum atomic E-state index is -0.224. The van der Waals surface area contributed by atoms with E-state index >= 15 is 0 Å². The van der Waals surface area contributed by atoms with Crippen LogP contribution in [-0.4, -0.2) is 5.11 Å². The number of phenols is 1. The summed E-state index contributed by atoms with van der Waals surface area (Å²) in [4.78, 5) is 0. The van der Waals surface area contributed by atoms with Crippen molar-refractivity contribution in [3.8, 4) is 5.75 Å². The highest BCUT2D eigenvalue weighted by atomic mass is 16.3. The largest absolute Gasteiger partial charge is 0.507 e. The molecule has 0 aromatic heterocycles. The van der Waals surface area contributed by atoms with Crippen LogP contribution >= 0.6 is 0 Å². The Kier molecular flexibility index (Phi) is 1.95. The van der Waals surface area contributed by atoms with Crippen molar-refractivity contribution in [1.82, 2.24) is 0 Å². The van der Waals surface area contributed by atoms with Crippen LogP contribution in [0, 0.1) is 0 Å². The molecule has 0 unspecified atom stereocenters. The number of benzene rings is 2. The Morgan fingerprint density at radius 1 is 1.06 bits per heavy atom. The Morgan fingerprint density at radius 2 is 1.75 bits per heavy atom. The zero-order valence-corrected chi connectivity index (χ0v) is 9.11. The molecular formula is C14H15NO. The number of hydrogen-bond acceptors (Lipinski definition) is 2. The topological polar surface area (TPSA) is 46.2 Å². The van der Waals surface area contributed by atoms with Crippen LogP contribution in [0.25, 0.3) is 10.8 Å². The molecule has 0 atom stereocenters. The SMILES string of the molecule is NC1(c2cccc3cccc(O)c23)CCC1. The maximum absolute atomic E-state index is 9.98. The molecule has 0 saturated heterocycles. The van der Waals surface area contributed by atoms with Gasteiger partial charge in [-0.25, -0.2) is 0 Å². The third-order valence-corrected chi connectivity index (χ3v) is 3.66. The first-order chi connectivity index (χ1) is 7.71. The predicted molar refractivity (Wildman–Crippen MR) is 65.3 cm³/mol. The van der Waals surface area contributed by atoms with Gasteiger partial charge in [-0.1, -0.05) is 30.3 Å². The predicted octanol–water partition coefficient (Wildman–Crippen LogP) is 2.88. The summed E-state index contributed by atoms with van der Waals surface area (Å²) in [6.45, 7) is 0. The van der Waals surface area contributed by atoms with Gasteiger partial charge < -0.3 is 10.8 Å². The molecule has 2 nitrogen and oxygen atoms in total. The van der Waals surface area contributed by atoms with Crippen LogP contribution in [0.3, 0.4) is 0 Å². The zero-order valence-electron chi connectivity index (χ0n) is 9.11. The van der Waals surface area contributed by atoms with Gasteiger partial charge in [0.15, 0.2) is 0 Å². The van der Waals surface area contributed by atoms with Crippen molar-refractivity contribution in [2.75, 3.05) is 0 Å². The van der Waals surface area contributed by atoms with Crippen molar-refractivity contribution in [3.63, 3.8) is 0 Å². The molecular weight excluding hydrogens is 198 g/mol. The fraction of sp³-hybridized carbons (Fsp3) is 0.286. The van der Waals surface area contributed by atoms with Gasteiger partial charge in [0.05, 0.1) is 0 Å². The molecule has 0 spiro atoms. The Balaban J connectivity index is 2.32. The van der Waals surface area contributed by atoms with Crippen LogP contribution in [-0.2, 0) is 5.54 Å². The van der Waals surface area contributed by atoms with Gasteiger partial charge in [0, 0.05) is 10.9 Å². The molecule has 1 saturated carbocycles. The number of rotatable bonds is 1. The van der Waals surface area contributed by atoms with E-state index in [0.29, 0.717) is 5.75 Å². The maximum Gasteiger partial charge on any atom is 0.123 e. The molecule has 0 bridgehead atoms. The van der Waals surface area contributed by atoms with Gasteiger partial charge in [0.2, 0.25) is 0 Å². The Morgan fingerprint density at radius 3 is 2.38 bits per heavy atom. The molecule has 3 rings (SSSR count). The summed E-state index contributed by atoms with van der Waals surface area (Å²) in [5, 5.41) is 12.0. The number of aromatic hydroxyl groups is 1. The zero-order chi connectivity index (χ0) is 11.2. The summed E-state index contributed by atoms with van der Waals surface area (Å²) in [7, 11) is 0. The van der Waals surface area contributed by atoms with Crippen molar-refractivity contribution in [3.05, 3.63) is 42.0 Å². The standard InChI is InChI=1S/C14H15NO/c15-14(8-3-9-14)11-6-1-4-10-5-2-7-12(16)13(10)11/h1-2,4-7,16H,3,8-9,15H2. The minimum absolute atomic E-state index is 0.224. The van der Waals surface area contributed by atoms with Crippen LogP contribution in [0.1, 0.15) is 24.8 Å². The van der Waals surface area contributed by atoms with E-state index in [-0.39, 0.29) is 5.54 Å². The Labute approximate surface area is 94.7 Å². The molecule has 1 aliphatic carbocycles. The summed E-state index contributed by atoms with van der Waals surface area (Å²) in [6.07, 6.45) is 3.21. The Hall–Kier alpha value is -1.54. The molecule has 82 valence electrons. The molecule has 0 amide bonds. The van der Waals surface area contributed by atoms with Crippen molar-refractivity contribution in [2.45, 2.75) is 24.8 Å². The molecule has 2 aromatic rings. The lowest BCUT2D eigenvalue weighted by molar-refractivity contribution is 0.255. The number of phenolic OH excluding ortho intramolecular Hbond substituents is 1. The second-order valence-electron chi connectivity index (χ2n) is 4.69. The lowest BCUT2D eigenvalue weighted by Crippen LogP contribution is -2.43. The van der Waals surface area contributed by atoms with Crippen LogP contribution < -0.4 is 5.73 Å². The molecule has 0 aliphatic heterocycles. The van der Waals surface area contributed by atoms with Gasteiger partial charge in [-0.15, -0.1) is 0 Å². The molecule has 16 heavy (non-hydrogen) atoms. The van der Waals surface area contributed by atoms with Gasteiger partial charge in [-0.3, -0.25) is 0 Å². The first-order valence-electron chi connectivity index (χ1n) is 5.71. The average molecular weight is 213 g/mol. The van der Waals surface area contributed by atoms with Gasteiger partial charge in [-0.2, -0.15) is 0 Å². The van der Waals surface area contributed by atoms with E-state index in [4.69, 9.17) is 5.73 Å². The van der Waals surface area contributed by atoms with Crippen molar-refractivity contribution in [1.29, 1.82) is 0 Å². The monoisotopic (exact) mass is 213 g/mol. The van der Waals surface area contributed by atoms with Crippen molar-refractivity contribution < 1.29 is 5.11 Å². The first kappa shape index (κ1) is 9.67. The van der Waals surface area contributed by atoms with Crippen molar-refractivity contribution in [2.24, 2.45) is 5.73 Å². The fourth-order valence-electron chi connectivity index (χ4n) is 2.56. The normalized spacial score (nSPS) is 18.3. The highest BCUT2D eigenvalue weighted by molar-refractivity contribution is 5.92. The maximum atomic E-state index is 9.98. The van der Waals surface area contributed by atoms with Gasteiger partial charge in [0.25, 0.3) is 0 Å². The summed E-state index contributed by atoms with van der Waals surface area (Å²) >= 11 is 0. The molecule has 0 heterocycles. The fourth-order valence-corrected chi connectivity index (χ4v) is 2.56. The average Bonchev–Trinajstić information content (AvgIpc) is 2.26. The van der Waals surface area contributed by atoms with E-state index in [0.717, 1.165) is 29.2 Å². The summed E-state index contributed by atoms with van der Waals surface area (Å²) < 4.78 is 0. The smallest absolute Gasteiger partial charge is 0.123 e. The number of hydrogen-bond donors (Lipinski definition) is 2. The number of fused-ring (bicyclic) bond motifs is 1. The minimum Gasteiger partial charge on any atom is -0.507 e. The van der Waals surface area contributed by atoms with E-state index in [2.05, 4.69) is 0 Å². The van der Waals surface area contributed by atoms with Gasteiger partial charge in [-0.05, 0) is 36.3 Å². The summed E-state index contributed by atoms with van der Waals surface area (Å²) in [5.41, 5.74) is 7.22. The molecule has 2 aromatic carbocycles. The molecule has 1 aliphatic rings. The second-order valence-corrected chi connectivity index (χ2v) is 4.69. The van der Waals surface area contributed by atoms with Crippen LogP contribution in [0.5, 0.6) is 5.75 Å². The second kappa shape index (κ2) is 3.22. The third kappa shape index (κ3) is 1.23. The van der Waals surface area contributed by atoms with Crippen LogP contribution in [0.15, 0.2) is 36.4 Å². The summed E-state index contributed by atoms with van der Waals surface area (Å²) in [5.74, 6) is 0.338. The van der Waals surface area contributed by atoms with Crippen LogP contribution in [0.4, 0.5) is 0 Å². The Bertz CT molecular complexity index is 538. The van der Waals surface area contributed by atoms with Crippen LogP contribution in [0.2, 0.25) is 0 Å². The van der Waals surface area contributed by atoms with E-state index in [1.807, 2.05) is 30.3 Å². The third-order valence-electron chi connectivity index (χ3n) is 3.66. The van der Waals surface area contributed by atoms with E-state index in [9.17, 15) is 5.11 Å².